The van der Waals surface area contributed by atoms with Gasteiger partial charge in [-0.2, -0.15) is 0 Å². The molecule has 4 aliphatic rings. The predicted molar refractivity (Wildman–Crippen MR) is 294 cm³/mol. The summed E-state index contributed by atoms with van der Waals surface area (Å²) in [5.41, 5.74) is 13.2. The van der Waals surface area contributed by atoms with Gasteiger partial charge in [0, 0.05) is 43.4 Å². The van der Waals surface area contributed by atoms with Crippen LogP contribution in [0.5, 0.6) is 0 Å². The number of hydrogen-bond acceptors (Lipinski definition) is 2. The first-order valence-electron chi connectivity index (χ1n) is 26.6. The van der Waals surface area contributed by atoms with E-state index in [1.165, 1.54) is 109 Å². The molecule has 1 N–H and O–H groups in total. The molecule has 4 heteroatoms. The zero-order valence-electron chi connectivity index (χ0n) is 41.0. The second-order valence-corrected chi connectivity index (χ2v) is 23.7. The molecule has 70 heavy (non-hydrogen) atoms. The van der Waals surface area contributed by atoms with Crippen molar-refractivity contribution in [2.45, 2.75) is 111 Å². The van der Waals surface area contributed by atoms with Gasteiger partial charge in [-0.25, -0.2) is 0 Å². The van der Waals surface area contributed by atoms with E-state index in [1.54, 1.807) is 5.57 Å². The molecule has 1 aliphatic heterocycles. The van der Waals surface area contributed by atoms with Crippen LogP contribution in [0.3, 0.4) is 0 Å². The number of rotatable bonds is 13. The Hall–Kier alpha value is -4.91. The molecule has 11 rings (SSSR count). The number of nitrogens with zero attached hydrogens (tertiary/aromatic N) is 1. The quantitative estimate of drug-likeness (QED) is 0.0703. The van der Waals surface area contributed by atoms with Crippen LogP contribution >= 0.6 is 7.92 Å². The summed E-state index contributed by atoms with van der Waals surface area (Å²) in [5.74, 6) is 0.121. The first-order chi connectivity index (χ1) is 34.3. The van der Waals surface area contributed by atoms with E-state index >= 15 is 0 Å². The fourth-order valence-corrected chi connectivity index (χ4v) is 20.0. The van der Waals surface area contributed by atoms with Gasteiger partial charge in [-0.3, -0.25) is 5.32 Å². The number of allylic oxidation sites excluding steroid dienone is 1. The van der Waals surface area contributed by atoms with Crippen LogP contribution in [-0.2, 0) is 30.3 Å². The van der Waals surface area contributed by atoms with Crippen molar-refractivity contribution in [1.29, 1.82) is 0 Å². The number of hydrogen-bond donors (Lipinski definition) is 1. The monoisotopic (exact) mass is 1020 g/mol. The van der Waals surface area contributed by atoms with Crippen LogP contribution in [-0.4, -0.2) is 36.2 Å². The molecule has 0 aromatic heterocycles. The van der Waals surface area contributed by atoms with Crippen molar-refractivity contribution in [2.24, 2.45) is 5.92 Å². The van der Waals surface area contributed by atoms with Gasteiger partial charge in [-0.1, -0.05) is 265 Å². The van der Waals surface area contributed by atoms with E-state index in [9.17, 15) is 0 Å². The van der Waals surface area contributed by atoms with Crippen LogP contribution in [0.1, 0.15) is 122 Å². The minimum Gasteiger partial charge on any atom is -0.357 e. The molecule has 2 nitrogen and oxygen atoms in total. The molecular weight excluding hydrogens is 953 g/mol. The van der Waals surface area contributed by atoms with Crippen molar-refractivity contribution in [2.75, 3.05) is 24.7 Å². The van der Waals surface area contributed by atoms with Crippen LogP contribution < -0.4 is 10.2 Å². The largest absolute Gasteiger partial charge is 0.357 e. The third-order valence-electron chi connectivity index (χ3n) is 17.2. The molecule has 7 aromatic rings. The smallest absolute Gasteiger partial charge is 0.0683 e. The molecule has 1 saturated heterocycles. The van der Waals surface area contributed by atoms with Gasteiger partial charge in [-0.15, -0.1) is 0 Å². The normalized spacial score (nSPS) is 21.1. The van der Waals surface area contributed by atoms with Gasteiger partial charge < -0.3 is 4.90 Å². The third kappa shape index (κ3) is 8.71. The molecule has 3 saturated carbocycles. The van der Waals surface area contributed by atoms with Crippen molar-refractivity contribution in [1.82, 2.24) is 5.32 Å². The Labute approximate surface area is 434 Å². The molecule has 4 fully saturated rings. The number of anilines is 1. The molecule has 7 aromatic carbocycles. The Bertz CT molecular complexity index is 2520. The van der Waals surface area contributed by atoms with Crippen molar-refractivity contribution in [3.8, 4) is 0 Å². The Balaban J connectivity index is 0.00000567. The second kappa shape index (κ2) is 22.2. The van der Waals surface area contributed by atoms with Crippen LogP contribution in [0.15, 0.2) is 212 Å². The number of benzene rings is 7. The van der Waals surface area contributed by atoms with Gasteiger partial charge in [-0.05, 0) is 101 Å². The average Bonchev–Trinajstić information content (AvgIpc) is 3.98. The van der Waals surface area contributed by atoms with Gasteiger partial charge in [0.05, 0.1) is 17.5 Å². The summed E-state index contributed by atoms with van der Waals surface area (Å²) in [4.78, 5) is 2.61. The Morgan fingerprint density at radius 1 is 0.457 bits per heavy atom. The van der Waals surface area contributed by atoms with Gasteiger partial charge >= 0.3 is 0 Å². The van der Waals surface area contributed by atoms with Gasteiger partial charge in [0.1, 0.15) is 0 Å². The van der Waals surface area contributed by atoms with Gasteiger partial charge in [0.25, 0.3) is 0 Å². The minimum atomic E-state index is -0.688. The molecule has 0 amide bonds. The van der Waals surface area contributed by atoms with Crippen LogP contribution in [0, 0.1) is 5.92 Å². The van der Waals surface area contributed by atoms with E-state index < -0.39 is 18.8 Å². The van der Waals surface area contributed by atoms with E-state index in [-0.39, 0.29) is 30.6 Å². The zero-order chi connectivity index (χ0) is 46.4. The first-order valence-corrected chi connectivity index (χ1v) is 28.1. The summed E-state index contributed by atoms with van der Waals surface area (Å²) in [6.45, 7) is 2.88. The molecule has 2 atom stereocenters. The summed E-state index contributed by atoms with van der Waals surface area (Å²) >= 11 is 0. The summed E-state index contributed by atoms with van der Waals surface area (Å²) in [7, 11) is -0.688. The van der Waals surface area contributed by atoms with E-state index in [4.69, 9.17) is 0 Å². The molecule has 1 heterocycles. The van der Waals surface area contributed by atoms with E-state index in [2.05, 4.69) is 223 Å². The Kier molecular flexibility index (Phi) is 15.5. The summed E-state index contributed by atoms with van der Waals surface area (Å²) in [5, 5.41) is 3.42. The summed E-state index contributed by atoms with van der Waals surface area (Å²) < 4.78 is 0. The molecule has 3 aliphatic carbocycles. The second-order valence-electron chi connectivity index (χ2n) is 20.6. The fourth-order valence-electron chi connectivity index (χ4n) is 14.6. The standard InChI is InChI=1S/C66H71N2P.Ru/c1-9-29-53(30-10-1)65(54-31-11-2-12-32-54,55-33-13-3-14-34-55)61-45-27-47-64(69(59-41-21-7-22-42-59)60-43-23-8-24-44-60,62(61)50-52-28-25-26-46-63(52)68-49-48-67-51-68)66(56-35-15-4-16-36-56,57-37-17-5-18-38-57)58-39-19-6-20-40-58;/h1-6,9-20,25-26,28-40,46,50,59-61,67H,7-8,21-24,27,41-45,47-49,51H2;. The molecule has 2 unspecified atom stereocenters. The Morgan fingerprint density at radius 2 is 0.857 bits per heavy atom. The van der Waals surface area contributed by atoms with Crippen molar-refractivity contribution in [3.05, 3.63) is 251 Å². The van der Waals surface area contributed by atoms with Crippen molar-refractivity contribution in [3.63, 3.8) is 0 Å². The maximum Gasteiger partial charge on any atom is 0.0683 e. The molecular formula is C66H71N2PRu. The summed E-state index contributed by atoms with van der Waals surface area (Å²) in [6.07, 6.45) is 19.7. The van der Waals surface area contributed by atoms with Crippen molar-refractivity contribution >= 4 is 19.7 Å². The number of nitrogens with one attached hydrogen (secondary N) is 1. The van der Waals surface area contributed by atoms with Gasteiger partial charge in [0.15, 0.2) is 0 Å². The number of para-hydroxylation sites is 1. The maximum atomic E-state index is 3.72. The summed E-state index contributed by atoms with van der Waals surface area (Å²) in [6, 6.07) is 81.0. The van der Waals surface area contributed by atoms with E-state index in [0.717, 1.165) is 39.0 Å². The van der Waals surface area contributed by atoms with E-state index in [0.29, 0.717) is 11.3 Å². The molecule has 0 spiro atoms. The topological polar surface area (TPSA) is 15.3 Å². The Morgan fingerprint density at radius 3 is 1.27 bits per heavy atom. The van der Waals surface area contributed by atoms with Crippen LogP contribution in [0.2, 0.25) is 0 Å². The van der Waals surface area contributed by atoms with Crippen molar-refractivity contribution < 1.29 is 19.5 Å². The molecule has 358 valence electrons. The van der Waals surface area contributed by atoms with Crippen LogP contribution in [0.25, 0.3) is 6.08 Å². The third-order valence-corrected chi connectivity index (χ3v) is 21.5. The van der Waals surface area contributed by atoms with Crippen LogP contribution in [0.4, 0.5) is 5.69 Å². The van der Waals surface area contributed by atoms with Gasteiger partial charge in [0.2, 0.25) is 0 Å². The average molecular weight is 1020 g/mol. The first kappa shape index (κ1) is 48.7. The fraction of sp³-hybridized carbons (Fsp3) is 0.333. The maximum absolute atomic E-state index is 3.72. The predicted octanol–water partition coefficient (Wildman–Crippen LogP) is 16.2. The molecule has 0 radical (unpaired) electrons. The minimum absolute atomic E-state index is 0. The molecule has 0 bridgehead atoms. The zero-order valence-corrected chi connectivity index (χ0v) is 43.6. The SMILES string of the molecule is C(=C1C(C(c2ccccc2)(c2ccccc2)c2ccccc2)CCCC1(P(C1CCCCC1)C1CCCCC1)C(c1ccccc1)(c1ccccc1)c1ccccc1)c1ccccc1N1CCNC1.[Ru]. The van der Waals surface area contributed by atoms with E-state index in [1.807, 2.05) is 0 Å².